The number of nitrogens with zero attached hydrogens (tertiary/aromatic N) is 1. The van der Waals surface area contributed by atoms with E-state index in [1.54, 1.807) is 55.3 Å². The summed E-state index contributed by atoms with van der Waals surface area (Å²) in [7, 11) is -2.24. The molecule has 0 radical (unpaired) electrons. The van der Waals surface area contributed by atoms with Crippen molar-refractivity contribution in [3.05, 3.63) is 83.4 Å². The third kappa shape index (κ3) is 4.27. The van der Waals surface area contributed by atoms with Crippen molar-refractivity contribution in [2.45, 2.75) is 24.7 Å². The van der Waals surface area contributed by atoms with Gasteiger partial charge < -0.3 is 9.64 Å². The van der Waals surface area contributed by atoms with E-state index in [0.717, 1.165) is 29.7 Å². The Morgan fingerprint density at radius 1 is 1.03 bits per heavy atom. The molecule has 31 heavy (non-hydrogen) atoms. The number of aryl methyl sites for hydroxylation is 2. The second-order valence-corrected chi connectivity index (χ2v) is 9.19. The number of rotatable bonds is 5. The van der Waals surface area contributed by atoms with Crippen LogP contribution in [0.25, 0.3) is 0 Å². The molecule has 1 aliphatic heterocycles. The predicted octanol–water partition coefficient (Wildman–Crippen LogP) is 4.40. The molecule has 7 heteroatoms. The molecule has 0 saturated heterocycles. The van der Waals surface area contributed by atoms with Crippen LogP contribution in [0, 0.1) is 6.92 Å². The average Bonchev–Trinajstić information content (AvgIpc) is 2.78. The van der Waals surface area contributed by atoms with Gasteiger partial charge in [-0.1, -0.05) is 24.3 Å². The van der Waals surface area contributed by atoms with Crippen LogP contribution in [0.1, 0.15) is 27.9 Å². The highest BCUT2D eigenvalue weighted by atomic mass is 32.2. The number of sulfonamides is 1. The molecule has 0 fully saturated rings. The Kier molecular flexibility index (Phi) is 5.69. The molecule has 160 valence electrons. The fourth-order valence-electron chi connectivity index (χ4n) is 3.82. The van der Waals surface area contributed by atoms with Crippen molar-refractivity contribution in [1.29, 1.82) is 0 Å². The van der Waals surface area contributed by atoms with Crippen LogP contribution in [0.3, 0.4) is 0 Å². The van der Waals surface area contributed by atoms with Crippen LogP contribution < -0.4 is 14.4 Å². The lowest BCUT2D eigenvalue weighted by molar-refractivity contribution is 0.0985. The van der Waals surface area contributed by atoms with Gasteiger partial charge in [0.1, 0.15) is 5.75 Å². The zero-order valence-electron chi connectivity index (χ0n) is 17.5. The minimum atomic E-state index is -3.79. The molecule has 0 atom stereocenters. The van der Waals surface area contributed by atoms with Crippen molar-refractivity contribution < 1.29 is 17.9 Å². The van der Waals surface area contributed by atoms with Crippen LogP contribution in [0.15, 0.2) is 71.6 Å². The monoisotopic (exact) mass is 436 g/mol. The summed E-state index contributed by atoms with van der Waals surface area (Å²) in [4.78, 5) is 14.9. The maximum absolute atomic E-state index is 13.1. The van der Waals surface area contributed by atoms with Crippen LogP contribution in [0.4, 0.5) is 11.4 Å². The number of ether oxygens (including phenoxy) is 1. The summed E-state index contributed by atoms with van der Waals surface area (Å²) >= 11 is 0. The third-order valence-electron chi connectivity index (χ3n) is 5.40. The van der Waals surface area contributed by atoms with Gasteiger partial charge in [-0.05, 0) is 73.4 Å². The molecule has 0 aromatic heterocycles. The van der Waals surface area contributed by atoms with Crippen molar-refractivity contribution in [3.8, 4) is 5.75 Å². The van der Waals surface area contributed by atoms with Gasteiger partial charge in [0.05, 0.1) is 17.7 Å². The van der Waals surface area contributed by atoms with Gasteiger partial charge in [-0.15, -0.1) is 0 Å². The zero-order chi connectivity index (χ0) is 22.0. The van der Waals surface area contributed by atoms with Crippen LogP contribution >= 0.6 is 0 Å². The predicted molar refractivity (Wildman–Crippen MR) is 121 cm³/mol. The van der Waals surface area contributed by atoms with E-state index >= 15 is 0 Å². The molecule has 1 amide bonds. The van der Waals surface area contributed by atoms with Gasteiger partial charge in [-0.2, -0.15) is 0 Å². The summed E-state index contributed by atoms with van der Waals surface area (Å²) in [6.07, 6.45) is 1.71. The highest BCUT2D eigenvalue weighted by Crippen LogP contribution is 2.32. The number of anilines is 2. The SMILES string of the molecule is COc1ccc(S(=O)(=O)Nc2ccc3c(c2)N(C(=O)c2ccccc2)CCC3)cc1C. The molecule has 1 N–H and O–H groups in total. The summed E-state index contributed by atoms with van der Waals surface area (Å²) in [5, 5.41) is 0. The topological polar surface area (TPSA) is 75.7 Å². The summed E-state index contributed by atoms with van der Waals surface area (Å²) in [6, 6.07) is 19.2. The van der Waals surface area contributed by atoms with Crippen molar-refractivity contribution >= 4 is 27.3 Å². The Bertz CT molecular complexity index is 1220. The van der Waals surface area contributed by atoms with E-state index in [9.17, 15) is 13.2 Å². The molecule has 0 spiro atoms. The third-order valence-corrected chi connectivity index (χ3v) is 6.78. The van der Waals surface area contributed by atoms with Gasteiger partial charge in [0.25, 0.3) is 15.9 Å². The number of amides is 1. The number of carbonyl (C=O) groups is 1. The summed E-state index contributed by atoms with van der Waals surface area (Å²) in [5.74, 6) is 0.537. The fourth-order valence-corrected chi connectivity index (χ4v) is 4.95. The summed E-state index contributed by atoms with van der Waals surface area (Å²) < 4.78 is 33.7. The van der Waals surface area contributed by atoms with Crippen LogP contribution in [0.2, 0.25) is 0 Å². The molecule has 6 nitrogen and oxygen atoms in total. The maximum atomic E-state index is 13.1. The average molecular weight is 437 g/mol. The van der Waals surface area contributed by atoms with Gasteiger partial charge in [0.15, 0.2) is 0 Å². The van der Waals surface area contributed by atoms with E-state index in [4.69, 9.17) is 4.74 Å². The molecular weight excluding hydrogens is 412 g/mol. The first-order chi connectivity index (χ1) is 14.9. The van der Waals surface area contributed by atoms with Gasteiger partial charge in [-0.25, -0.2) is 8.42 Å². The van der Waals surface area contributed by atoms with E-state index in [1.165, 1.54) is 6.07 Å². The number of carbonyl (C=O) groups excluding carboxylic acids is 1. The first kappa shape index (κ1) is 20.9. The molecule has 1 heterocycles. The second-order valence-electron chi connectivity index (χ2n) is 7.51. The van der Waals surface area contributed by atoms with Crippen molar-refractivity contribution in [2.75, 3.05) is 23.3 Å². The fraction of sp³-hybridized carbons (Fsp3) is 0.208. The van der Waals surface area contributed by atoms with E-state index in [0.29, 0.717) is 23.5 Å². The normalized spacial score (nSPS) is 13.4. The number of hydrogen-bond donors (Lipinski definition) is 1. The van der Waals surface area contributed by atoms with E-state index in [-0.39, 0.29) is 10.8 Å². The van der Waals surface area contributed by atoms with Gasteiger partial charge in [0.2, 0.25) is 0 Å². The molecule has 3 aromatic carbocycles. The quantitative estimate of drug-likeness (QED) is 0.643. The lowest BCUT2D eigenvalue weighted by atomic mass is 10.00. The molecule has 0 aliphatic carbocycles. The molecule has 1 aliphatic rings. The minimum Gasteiger partial charge on any atom is -0.496 e. The Balaban J connectivity index is 1.64. The molecule has 0 bridgehead atoms. The van der Waals surface area contributed by atoms with Gasteiger partial charge in [0, 0.05) is 17.8 Å². The lowest BCUT2D eigenvalue weighted by Gasteiger charge is -2.30. The maximum Gasteiger partial charge on any atom is 0.261 e. The minimum absolute atomic E-state index is 0.0904. The zero-order valence-corrected chi connectivity index (χ0v) is 18.3. The Labute approximate surface area is 182 Å². The smallest absolute Gasteiger partial charge is 0.261 e. The van der Waals surface area contributed by atoms with E-state index in [2.05, 4.69) is 4.72 Å². The van der Waals surface area contributed by atoms with Crippen LogP contribution in [-0.2, 0) is 16.4 Å². The Morgan fingerprint density at radius 2 is 1.81 bits per heavy atom. The van der Waals surface area contributed by atoms with Crippen LogP contribution in [0.5, 0.6) is 5.75 Å². The number of benzene rings is 3. The van der Waals surface area contributed by atoms with Gasteiger partial charge >= 0.3 is 0 Å². The van der Waals surface area contributed by atoms with E-state index < -0.39 is 10.0 Å². The number of fused-ring (bicyclic) bond motifs is 1. The van der Waals surface area contributed by atoms with Crippen molar-refractivity contribution in [1.82, 2.24) is 0 Å². The first-order valence-electron chi connectivity index (χ1n) is 10.1. The second kappa shape index (κ2) is 8.43. The molecular formula is C24H24N2O4S. The summed E-state index contributed by atoms with van der Waals surface area (Å²) in [6.45, 7) is 2.39. The Morgan fingerprint density at radius 3 is 2.52 bits per heavy atom. The highest BCUT2D eigenvalue weighted by Gasteiger charge is 2.25. The van der Waals surface area contributed by atoms with Crippen LogP contribution in [-0.4, -0.2) is 28.0 Å². The number of nitrogens with one attached hydrogen (secondary N) is 1. The molecule has 0 unspecified atom stereocenters. The largest absolute Gasteiger partial charge is 0.496 e. The highest BCUT2D eigenvalue weighted by molar-refractivity contribution is 7.92. The number of methoxy groups -OCH3 is 1. The van der Waals surface area contributed by atoms with Gasteiger partial charge in [-0.3, -0.25) is 9.52 Å². The van der Waals surface area contributed by atoms with E-state index in [1.807, 2.05) is 24.3 Å². The molecule has 3 aromatic rings. The lowest BCUT2D eigenvalue weighted by Crippen LogP contribution is -2.35. The molecule has 4 rings (SSSR count). The summed E-state index contributed by atoms with van der Waals surface area (Å²) in [5.41, 5.74) is 3.52. The first-order valence-corrected chi connectivity index (χ1v) is 11.5. The number of hydrogen-bond acceptors (Lipinski definition) is 4. The standard InChI is InChI=1S/C24H24N2O4S/c1-17-15-21(12-13-23(17)30-2)31(28,29)25-20-11-10-18-9-6-14-26(22(18)16-20)24(27)19-7-4-3-5-8-19/h3-5,7-8,10-13,15-16,25H,6,9,14H2,1-2H3. The van der Waals surface area contributed by atoms with Crippen molar-refractivity contribution in [2.24, 2.45) is 0 Å². The van der Waals surface area contributed by atoms with Crippen molar-refractivity contribution in [3.63, 3.8) is 0 Å². The Hall–Kier alpha value is -3.32. The molecule has 0 saturated carbocycles.